The van der Waals surface area contributed by atoms with Crippen molar-refractivity contribution in [3.63, 3.8) is 0 Å². The van der Waals surface area contributed by atoms with Gasteiger partial charge in [0.25, 0.3) is 10.0 Å². The second-order valence-electron chi connectivity index (χ2n) is 5.22. The quantitative estimate of drug-likeness (QED) is 0.898. The SMILES string of the molecule is Cc1ccc(S(=O)(=O)N(CC(N)=O)c2ccc(Cl)cc2C)cc1. The second kappa shape index (κ2) is 6.60. The molecule has 0 saturated heterocycles. The van der Waals surface area contributed by atoms with Gasteiger partial charge in [-0.15, -0.1) is 0 Å². The van der Waals surface area contributed by atoms with E-state index in [-0.39, 0.29) is 4.90 Å². The van der Waals surface area contributed by atoms with Gasteiger partial charge in [0.05, 0.1) is 10.6 Å². The molecule has 0 radical (unpaired) electrons. The van der Waals surface area contributed by atoms with Crippen LogP contribution in [0.15, 0.2) is 47.4 Å². The molecule has 0 heterocycles. The molecule has 0 aliphatic rings. The van der Waals surface area contributed by atoms with Gasteiger partial charge in [0.15, 0.2) is 0 Å². The Bertz CT molecular complexity index is 833. The highest BCUT2D eigenvalue weighted by molar-refractivity contribution is 7.92. The zero-order valence-electron chi connectivity index (χ0n) is 12.8. The van der Waals surface area contributed by atoms with Crippen molar-refractivity contribution in [2.45, 2.75) is 18.7 Å². The summed E-state index contributed by atoms with van der Waals surface area (Å²) in [6.07, 6.45) is 0. The third kappa shape index (κ3) is 3.83. The van der Waals surface area contributed by atoms with Gasteiger partial charge in [0, 0.05) is 5.02 Å². The molecule has 1 amide bonds. The minimum atomic E-state index is -3.91. The number of nitrogens with two attached hydrogens (primary N) is 1. The Balaban J connectivity index is 2.57. The number of amides is 1. The zero-order chi connectivity index (χ0) is 17.2. The number of nitrogens with zero attached hydrogens (tertiary/aromatic N) is 1. The monoisotopic (exact) mass is 352 g/mol. The highest BCUT2D eigenvalue weighted by atomic mass is 35.5. The van der Waals surface area contributed by atoms with Crippen molar-refractivity contribution in [3.8, 4) is 0 Å². The molecule has 5 nitrogen and oxygen atoms in total. The van der Waals surface area contributed by atoms with E-state index in [1.54, 1.807) is 37.3 Å². The maximum Gasteiger partial charge on any atom is 0.264 e. The zero-order valence-corrected chi connectivity index (χ0v) is 14.4. The Kier molecular flexibility index (Phi) is 4.97. The molecule has 7 heteroatoms. The lowest BCUT2D eigenvalue weighted by atomic mass is 10.2. The van der Waals surface area contributed by atoms with Crippen molar-refractivity contribution >= 4 is 33.2 Å². The summed E-state index contributed by atoms with van der Waals surface area (Å²) >= 11 is 5.92. The largest absolute Gasteiger partial charge is 0.368 e. The molecule has 0 bridgehead atoms. The Hall–Kier alpha value is -2.05. The molecule has 0 aliphatic carbocycles. The van der Waals surface area contributed by atoms with Crippen LogP contribution in [0.3, 0.4) is 0 Å². The average molecular weight is 353 g/mol. The summed E-state index contributed by atoms with van der Waals surface area (Å²) in [5.41, 5.74) is 7.18. The average Bonchev–Trinajstić information content (AvgIpc) is 2.45. The van der Waals surface area contributed by atoms with Crippen LogP contribution in [0.1, 0.15) is 11.1 Å². The van der Waals surface area contributed by atoms with E-state index in [9.17, 15) is 13.2 Å². The first-order chi connectivity index (χ1) is 10.7. The number of carbonyl (C=O) groups excluding carboxylic acids is 1. The number of anilines is 1. The number of aryl methyl sites for hydroxylation is 2. The molecule has 2 aromatic carbocycles. The number of benzene rings is 2. The summed E-state index contributed by atoms with van der Waals surface area (Å²) in [7, 11) is -3.91. The van der Waals surface area contributed by atoms with Crippen molar-refractivity contribution in [2.75, 3.05) is 10.8 Å². The standard InChI is InChI=1S/C16H17ClN2O3S/c1-11-3-6-14(7-4-11)23(21,22)19(10-16(18)20)15-8-5-13(17)9-12(15)2/h3-9H,10H2,1-2H3,(H2,18,20). The van der Waals surface area contributed by atoms with Crippen LogP contribution in [-0.2, 0) is 14.8 Å². The normalized spacial score (nSPS) is 11.3. The highest BCUT2D eigenvalue weighted by Crippen LogP contribution is 2.28. The van der Waals surface area contributed by atoms with Gasteiger partial charge in [-0.1, -0.05) is 29.3 Å². The summed E-state index contributed by atoms with van der Waals surface area (Å²) < 4.78 is 26.8. The molecule has 0 spiro atoms. The van der Waals surface area contributed by atoms with E-state index in [2.05, 4.69) is 0 Å². The molecule has 0 aromatic heterocycles. The maximum atomic E-state index is 12.9. The summed E-state index contributed by atoms with van der Waals surface area (Å²) in [5.74, 6) is -0.741. The molecule has 23 heavy (non-hydrogen) atoms. The molecule has 122 valence electrons. The van der Waals surface area contributed by atoms with Gasteiger partial charge < -0.3 is 5.73 Å². The highest BCUT2D eigenvalue weighted by Gasteiger charge is 2.27. The van der Waals surface area contributed by atoms with Crippen molar-refractivity contribution in [2.24, 2.45) is 5.73 Å². The lowest BCUT2D eigenvalue weighted by Crippen LogP contribution is -2.39. The van der Waals surface area contributed by atoms with E-state index in [1.165, 1.54) is 12.1 Å². The number of halogens is 1. The fourth-order valence-electron chi connectivity index (χ4n) is 2.18. The van der Waals surface area contributed by atoms with E-state index in [1.807, 2.05) is 6.92 Å². The number of carbonyl (C=O) groups is 1. The van der Waals surface area contributed by atoms with Gasteiger partial charge in [-0.25, -0.2) is 8.42 Å². The van der Waals surface area contributed by atoms with Crippen molar-refractivity contribution < 1.29 is 13.2 Å². The van der Waals surface area contributed by atoms with E-state index < -0.39 is 22.5 Å². The van der Waals surface area contributed by atoms with Crippen LogP contribution in [-0.4, -0.2) is 20.9 Å². The van der Waals surface area contributed by atoms with Crippen LogP contribution in [0.2, 0.25) is 5.02 Å². The minimum absolute atomic E-state index is 0.0960. The van der Waals surface area contributed by atoms with Gasteiger partial charge in [-0.3, -0.25) is 9.10 Å². The Labute approximate surface area is 140 Å². The number of hydrogen-bond donors (Lipinski definition) is 1. The van der Waals surface area contributed by atoms with Crippen LogP contribution < -0.4 is 10.0 Å². The topological polar surface area (TPSA) is 80.5 Å². The van der Waals surface area contributed by atoms with Gasteiger partial charge in [0.2, 0.25) is 5.91 Å². The first kappa shape index (κ1) is 17.3. The molecule has 0 saturated carbocycles. The molecule has 2 rings (SSSR count). The van der Waals surface area contributed by atoms with Crippen LogP contribution >= 0.6 is 11.6 Å². The van der Waals surface area contributed by atoms with Crippen molar-refractivity contribution in [1.82, 2.24) is 0 Å². The van der Waals surface area contributed by atoms with E-state index in [4.69, 9.17) is 17.3 Å². The third-order valence-electron chi connectivity index (χ3n) is 3.34. The Morgan fingerprint density at radius 2 is 1.74 bits per heavy atom. The van der Waals surface area contributed by atoms with Gasteiger partial charge in [-0.05, 0) is 49.7 Å². The number of rotatable bonds is 5. The smallest absolute Gasteiger partial charge is 0.264 e. The molecule has 2 aromatic rings. The van der Waals surface area contributed by atoms with E-state index in [0.717, 1.165) is 9.87 Å². The first-order valence-corrected chi connectivity index (χ1v) is 8.67. The molecule has 0 atom stereocenters. The van der Waals surface area contributed by atoms with Gasteiger partial charge in [-0.2, -0.15) is 0 Å². The summed E-state index contributed by atoms with van der Waals surface area (Å²) in [6, 6.07) is 11.2. The lowest BCUT2D eigenvalue weighted by molar-refractivity contribution is -0.116. The molecular weight excluding hydrogens is 336 g/mol. The summed E-state index contributed by atoms with van der Waals surface area (Å²) in [4.78, 5) is 11.5. The molecule has 0 aliphatic heterocycles. The molecule has 2 N–H and O–H groups in total. The van der Waals surface area contributed by atoms with Crippen LogP contribution in [0.5, 0.6) is 0 Å². The molecular formula is C16H17ClN2O3S. The number of hydrogen-bond acceptors (Lipinski definition) is 3. The van der Waals surface area contributed by atoms with E-state index >= 15 is 0 Å². The predicted molar refractivity (Wildman–Crippen MR) is 91.1 cm³/mol. The van der Waals surface area contributed by atoms with Gasteiger partial charge >= 0.3 is 0 Å². The third-order valence-corrected chi connectivity index (χ3v) is 5.35. The Morgan fingerprint density at radius 1 is 1.13 bits per heavy atom. The van der Waals surface area contributed by atoms with Crippen molar-refractivity contribution in [1.29, 1.82) is 0 Å². The van der Waals surface area contributed by atoms with Crippen LogP contribution in [0.4, 0.5) is 5.69 Å². The molecule has 0 unspecified atom stereocenters. The fourth-order valence-corrected chi connectivity index (χ4v) is 3.90. The number of sulfonamides is 1. The van der Waals surface area contributed by atoms with Crippen molar-refractivity contribution in [3.05, 3.63) is 58.6 Å². The fraction of sp³-hybridized carbons (Fsp3) is 0.188. The maximum absolute atomic E-state index is 12.9. The summed E-state index contributed by atoms with van der Waals surface area (Å²) in [5, 5.41) is 0.484. The molecule has 0 fully saturated rings. The van der Waals surface area contributed by atoms with Crippen LogP contribution in [0.25, 0.3) is 0 Å². The Morgan fingerprint density at radius 3 is 2.26 bits per heavy atom. The van der Waals surface area contributed by atoms with Gasteiger partial charge in [0.1, 0.15) is 6.54 Å². The number of primary amides is 1. The second-order valence-corrected chi connectivity index (χ2v) is 7.52. The lowest BCUT2D eigenvalue weighted by Gasteiger charge is -2.25. The first-order valence-electron chi connectivity index (χ1n) is 6.85. The summed E-state index contributed by atoms with van der Waals surface area (Å²) in [6.45, 7) is 3.14. The van der Waals surface area contributed by atoms with E-state index in [0.29, 0.717) is 16.3 Å². The minimum Gasteiger partial charge on any atom is -0.368 e. The van der Waals surface area contributed by atoms with Crippen LogP contribution in [0, 0.1) is 13.8 Å². The predicted octanol–water partition coefficient (Wildman–Crippen LogP) is 2.64.